The van der Waals surface area contributed by atoms with Gasteiger partial charge in [-0.15, -0.1) is 10.2 Å². The summed E-state index contributed by atoms with van der Waals surface area (Å²) in [5, 5.41) is 12.0. The van der Waals surface area contributed by atoms with Crippen molar-refractivity contribution in [2.45, 2.75) is 13.3 Å². The molecular weight excluding hydrogens is 362 g/mol. The van der Waals surface area contributed by atoms with Crippen LogP contribution in [-0.4, -0.2) is 25.9 Å². The molecule has 0 atom stereocenters. The number of carbonyl (C=O) groups excluding carboxylic acids is 1. The van der Waals surface area contributed by atoms with Gasteiger partial charge in [0.2, 0.25) is 0 Å². The van der Waals surface area contributed by atoms with Crippen molar-refractivity contribution in [1.29, 1.82) is 0 Å². The fourth-order valence-corrected chi connectivity index (χ4v) is 2.93. The first-order valence-corrected chi connectivity index (χ1v) is 8.90. The molecule has 0 fully saturated rings. The first-order chi connectivity index (χ1) is 13.1. The number of rotatable bonds is 4. The lowest BCUT2D eigenvalue weighted by molar-refractivity contribution is 0.102. The first kappa shape index (κ1) is 17.2. The van der Waals surface area contributed by atoms with Gasteiger partial charge in [0.1, 0.15) is 16.2 Å². The standard InChI is InChI=1S/C20H16ClN5O/c1-2-13-5-8-15(9-6-13)26-24-17-10-7-14(12-18(17)25-26)23-20(27)16-4-3-11-22-19(16)21/h3-12H,2H2,1H3,(H,23,27). The molecule has 0 saturated heterocycles. The molecule has 4 aromatic rings. The Labute approximate surface area is 160 Å². The number of fused-ring (bicyclic) bond motifs is 1. The number of aromatic nitrogens is 4. The quantitative estimate of drug-likeness (QED) is 0.538. The Bertz CT molecular complexity index is 1120. The minimum Gasteiger partial charge on any atom is -0.322 e. The van der Waals surface area contributed by atoms with Crippen LogP contribution >= 0.6 is 11.6 Å². The highest BCUT2D eigenvalue weighted by Crippen LogP contribution is 2.20. The summed E-state index contributed by atoms with van der Waals surface area (Å²) >= 11 is 5.98. The molecule has 6 nitrogen and oxygen atoms in total. The summed E-state index contributed by atoms with van der Waals surface area (Å²) in [4.78, 5) is 17.9. The number of hydrogen-bond acceptors (Lipinski definition) is 4. The Balaban J connectivity index is 1.60. The van der Waals surface area contributed by atoms with Crippen LogP contribution in [0.2, 0.25) is 5.15 Å². The number of nitrogens with zero attached hydrogens (tertiary/aromatic N) is 4. The van der Waals surface area contributed by atoms with E-state index in [1.54, 1.807) is 29.1 Å². The van der Waals surface area contributed by atoms with Gasteiger partial charge in [-0.25, -0.2) is 4.98 Å². The second kappa shape index (κ2) is 7.17. The third-order valence-electron chi connectivity index (χ3n) is 4.22. The molecule has 0 bridgehead atoms. The average molecular weight is 378 g/mol. The third kappa shape index (κ3) is 3.52. The Kier molecular flexibility index (Phi) is 4.56. The van der Waals surface area contributed by atoms with Crippen LogP contribution in [0.15, 0.2) is 60.8 Å². The van der Waals surface area contributed by atoms with E-state index in [9.17, 15) is 4.79 Å². The summed E-state index contributed by atoms with van der Waals surface area (Å²) in [6, 6.07) is 16.8. The number of nitrogens with one attached hydrogen (secondary N) is 1. The lowest BCUT2D eigenvalue weighted by Gasteiger charge is -2.05. The van der Waals surface area contributed by atoms with E-state index < -0.39 is 0 Å². The summed E-state index contributed by atoms with van der Waals surface area (Å²) in [6.07, 6.45) is 2.52. The normalized spacial score (nSPS) is 10.9. The van der Waals surface area contributed by atoms with Crippen LogP contribution in [0, 0.1) is 0 Å². The first-order valence-electron chi connectivity index (χ1n) is 8.52. The largest absolute Gasteiger partial charge is 0.322 e. The predicted octanol–water partition coefficient (Wildman–Crippen LogP) is 4.28. The van der Waals surface area contributed by atoms with Gasteiger partial charge in [-0.3, -0.25) is 4.79 Å². The average Bonchev–Trinajstić information content (AvgIpc) is 3.11. The lowest BCUT2D eigenvalue weighted by Crippen LogP contribution is -2.12. The van der Waals surface area contributed by atoms with Crippen molar-refractivity contribution in [3.63, 3.8) is 0 Å². The van der Waals surface area contributed by atoms with Crippen LogP contribution in [-0.2, 0) is 6.42 Å². The lowest BCUT2D eigenvalue weighted by atomic mass is 10.2. The maximum absolute atomic E-state index is 12.4. The summed E-state index contributed by atoms with van der Waals surface area (Å²) in [7, 11) is 0. The van der Waals surface area contributed by atoms with Crippen LogP contribution in [0.4, 0.5) is 5.69 Å². The number of hydrogen-bond donors (Lipinski definition) is 1. The van der Waals surface area contributed by atoms with Crippen molar-refractivity contribution in [1.82, 2.24) is 20.0 Å². The number of anilines is 1. The zero-order chi connectivity index (χ0) is 18.8. The predicted molar refractivity (Wildman–Crippen MR) is 105 cm³/mol. The molecule has 2 heterocycles. The second-order valence-corrected chi connectivity index (χ2v) is 6.37. The second-order valence-electron chi connectivity index (χ2n) is 6.01. The van der Waals surface area contributed by atoms with Crippen molar-refractivity contribution >= 4 is 34.2 Å². The summed E-state index contributed by atoms with van der Waals surface area (Å²) in [5.74, 6) is -0.324. The fraction of sp³-hybridized carbons (Fsp3) is 0.100. The van der Waals surface area contributed by atoms with Crippen LogP contribution in [0.5, 0.6) is 0 Å². The molecule has 0 aliphatic carbocycles. The smallest absolute Gasteiger partial charge is 0.258 e. The molecule has 134 valence electrons. The van der Waals surface area contributed by atoms with E-state index in [4.69, 9.17) is 11.6 Å². The van der Waals surface area contributed by atoms with Gasteiger partial charge in [0.15, 0.2) is 0 Å². The van der Waals surface area contributed by atoms with Gasteiger partial charge >= 0.3 is 0 Å². The molecule has 27 heavy (non-hydrogen) atoms. The van der Waals surface area contributed by atoms with Crippen molar-refractivity contribution in [3.05, 3.63) is 77.1 Å². The van der Waals surface area contributed by atoms with Gasteiger partial charge in [0.25, 0.3) is 5.91 Å². The maximum Gasteiger partial charge on any atom is 0.258 e. The minimum absolute atomic E-state index is 0.164. The van der Waals surface area contributed by atoms with E-state index in [2.05, 4.69) is 39.6 Å². The van der Waals surface area contributed by atoms with Crippen LogP contribution < -0.4 is 5.32 Å². The van der Waals surface area contributed by atoms with Crippen LogP contribution in [0.25, 0.3) is 16.7 Å². The Morgan fingerprint density at radius 3 is 2.59 bits per heavy atom. The molecular formula is C20H16ClN5O. The molecule has 1 amide bonds. The molecule has 2 aromatic carbocycles. The number of carbonyl (C=O) groups is 1. The Morgan fingerprint density at radius 2 is 1.85 bits per heavy atom. The van der Waals surface area contributed by atoms with Gasteiger partial charge < -0.3 is 5.32 Å². The molecule has 2 aromatic heterocycles. The van der Waals surface area contributed by atoms with E-state index in [-0.39, 0.29) is 11.1 Å². The van der Waals surface area contributed by atoms with Gasteiger partial charge in [-0.2, -0.15) is 4.80 Å². The Morgan fingerprint density at radius 1 is 1.07 bits per heavy atom. The molecule has 0 spiro atoms. The minimum atomic E-state index is -0.324. The molecule has 1 N–H and O–H groups in total. The Hall–Kier alpha value is -3.25. The zero-order valence-corrected chi connectivity index (χ0v) is 15.3. The van der Waals surface area contributed by atoms with Crippen molar-refractivity contribution in [2.75, 3.05) is 5.32 Å². The third-order valence-corrected chi connectivity index (χ3v) is 4.52. The number of amides is 1. The van der Waals surface area contributed by atoms with Gasteiger partial charge in [-0.05, 0) is 54.4 Å². The SMILES string of the molecule is CCc1ccc(-n2nc3ccc(NC(=O)c4cccnc4Cl)cc3n2)cc1. The van der Waals surface area contributed by atoms with E-state index in [0.29, 0.717) is 16.8 Å². The molecule has 0 radical (unpaired) electrons. The van der Waals surface area contributed by atoms with Gasteiger partial charge in [0, 0.05) is 11.9 Å². The highest BCUT2D eigenvalue weighted by molar-refractivity contribution is 6.33. The van der Waals surface area contributed by atoms with Crippen molar-refractivity contribution in [3.8, 4) is 5.69 Å². The van der Waals surface area contributed by atoms with Gasteiger partial charge in [0.05, 0.1) is 11.3 Å². The highest BCUT2D eigenvalue weighted by atomic mass is 35.5. The van der Waals surface area contributed by atoms with E-state index in [0.717, 1.165) is 17.6 Å². The van der Waals surface area contributed by atoms with Gasteiger partial charge in [-0.1, -0.05) is 30.7 Å². The molecule has 7 heteroatoms. The van der Waals surface area contributed by atoms with Crippen LogP contribution in [0.3, 0.4) is 0 Å². The molecule has 0 saturated carbocycles. The molecule has 4 rings (SSSR count). The highest BCUT2D eigenvalue weighted by Gasteiger charge is 2.12. The van der Waals surface area contributed by atoms with Crippen molar-refractivity contribution in [2.24, 2.45) is 0 Å². The van der Waals surface area contributed by atoms with E-state index in [1.165, 1.54) is 11.8 Å². The molecule has 0 unspecified atom stereocenters. The monoisotopic (exact) mass is 377 g/mol. The van der Waals surface area contributed by atoms with E-state index in [1.807, 2.05) is 18.2 Å². The number of halogens is 1. The zero-order valence-electron chi connectivity index (χ0n) is 14.6. The number of pyridine rings is 1. The molecule has 0 aliphatic heterocycles. The fourth-order valence-electron chi connectivity index (χ4n) is 2.73. The summed E-state index contributed by atoms with van der Waals surface area (Å²) in [6.45, 7) is 2.12. The van der Waals surface area contributed by atoms with Crippen molar-refractivity contribution < 1.29 is 4.79 Å². The number of aryl methyl sites for hydroxylation is 1. The number of benzene rings is 2. The molecule has 0 aliphatic rings. The summed E-state index contributed by atoms with van der Waals surface area (Å²) < 4.78 is 0. The summed E-state index contributed by atoms with van der Waals surface area (Å²) in [5.41, 5.74) is 4.50. The topological polar surface area (TPSA) is 72.7 Å². The maximum atomic E-state index is 12.4. The van der Waals surface area contributed by atoms with E-state index >= 15 is 0 Å². The van der Waals surface area contributed by atoms with Crippen LogP contribution in [0.1, 0.15) is 22.8 Å².